The second kappa shape index (κ2) is 7.46. The first-order valence-electron chi connectivity index (χ1n) is 9.68. The summed E-state index contributed by atoms with van der Waals surface area (Å²) in [7, 11) is 0. The van der Waals surface area contributed by atoms with E-state index in [2.05, 4.69) is 15.2 Å². The first kappa shape index (κ1) is 16.4. The van der Waals surface area contributed by atoms with Gasteiger partial charge >= 0.3 is 0 Å². The standard InChI is InChI=1S/C20H27N3O2/c24-19(13-15-7-2-1-3-8-15)21-14-16-9-6-12-23(16)20-22-17-10-4-5-11-18(17)25-20/h4-5,10-11,15-16H,1-3,6-9,12-14H2,(H,21,24). The van der Waals surface area contributed by atoms with Crippen molar-refractivity contribution in [2.45, 2.75) is 57.4 Å². The van der Waals surface area contributed by atoms with E-state index in [9.17, 15) is 4.79 Å². The summed E-state index contributed by atoms with van der Waals surface area (Å²) >= 11 is 0. The Morgan fingerprint density at radius 1 is 1.16 bits per heavy atom. The largest absolute Gasteiger partial charge is 0.423 e. The number of aromatic nitrogens is 1. The average Bonchev–Trinajstić information content (AvgIpc) is 3.27. The van der Waals surface area contributed by atoms with Gasteiger partial charge in [-0.3, -0.25) is 4.79 Å². The summed E-state index contributed by atoms with van der Waals surface area (Å²) in [5.41, 5.74) is 1.72. The van der Waals surface area contributed by atoms with Gasteiger partial charge in [-0.15, -0.1) is 0 Å². The van der Waals surface area contributed by atoms with E-state index in [-0.39, 0.29) is 11.9 Å². The van der Waals surface area contributed by atoms with Crippen molar-refractivity contribution in [3.05, 3.63) is 24.3 Å². The maximum absolute atomic E-state index is 12.3. The number of oxazole rings is 1. The molecule has 1 N–H and O–H groups in total. The fourth-order valence-electron chi connectivity index (χ4n) is 4.24. The summed E-state index contributed by atoms with van der Waals surface area (Å²) in [5.74, 6) is 0.793. The summed E-state index contributed by atoms with van der Waals surface area (Å²) in [6.45, 7) is 1.63. The molecule has 2 fully saturated rings. The maximum Gasteiger partial charge on any atom is 0.298 e. The smallest absolute Gasteiger partial charge is 0.298 e. The molecule has 1 atom stereocenters. The van der Waals surface area contributed by atoms with Crippen LogP contribution in [0, 0.1) is 5.92 Å². The van der Waals surface area contributed by atoms with E-state index in [4.69, 9.17) is 4.42 Å². The number of nitrogens with one attached hydrogen (secondary N) is 1. The van der Waals surface area contributed by atoms with E-state index >= 15 is 0 Å². The lowest BCUT2D eigenvalue weighted by Crippen LogP contribution is -2.40. The highest BCUT2D eigenvalue weighted by molar-refractivity contribution is 5.76. The summed E-state index contributed by atoms with van der Waals surface area (Å²) in [5, 5.41) is 3.16. The Hall–Kier alpha value is -2.04. The molecule has 1 aromatic carbocycles. The molecule has 0 bridgehead atoms. The highest BCUT2D eigenvalue weighted by Gasteiger charge is 2.29. The number of carbonyl (C=O) groups is 1. The zero-order chi connectivity index (χ0) is 17.1. The van der Waals surface area contributed by atoms with Gasteiger partial charge < -0.3 is 14.6 Å². The minimum Gasteiger partial charge on any atom is -0.423 e. The van der Waals surface area contributed by atoms with E-state index in [1.807, 2.05) is 24.3 Å². The van der Waals surface area contributed by atoms with Crippen molar-refractivity contribution in [1.82, 2.24) is 10.3 Å². The first-order valence-corrected chi connectivity index (χ1v) is 9.68. The highest BCUT2D eigenvalue weighted by atomic mass is 16.4. The molecular formula is C20H27N3O2. The van der Waals surface area contributed by atoms with Gasteiger partial charge in [0.2, 0.25) is 5.91 Å². The lowest BCUT2D eigenvalue weighted by atomic mass is 9.87. The van der Waals surface area contributed by atoms with Crippen LogP contribution < -0.4 is 10.2 Å². The van der Waals surface area contributed by atoms with E-state index in [0.717, 1.165) is 30.5 Å². The van der Waals surface area contributed by atoms with Gasteiger partial charge in [0.05, 0.1) is 6.04 Å². The van der Waals surface area contributed by atoms with Crippen LogP contribution in [0.2, 0.25) is 0 Å². The molecule has 5 nitrogen and oxygen atoms in total. The van der Waals surface area contributed by atoms with Crippen molar-refractivity contribution in [1.29, 1.82) is 0 Å². The topological polar surface area (TPSA) is 58.4 Å². The molecule has 1 amide bonds. The number of amides is 1. The molecule has 1 saturated carbocycles. The van der Waals surface area contributed by atoms with Gasteiger partial charge in [-0.05, 0) is 43.7 Å². The molecule has 5 heteroatoms. The van der Waals surface area contributed by atoms with Crippen LogP contribution in [-0.4, -0.2) is 30.0 Å². The van der Waals surface area contributed by atoms with E-state index in [0.29, 0.717) is 24.9 Å². The van der Waals surface area contributed by atoms with Crippen molar-refractivity contribution in [2.24, 2.45) is 5.92 Å². The van der Waals surface area contributed by atoms with E-state index < -0.39 is 0 Å². The van der Waals surface area contributed by atoms with Crippen LogP contribution >= 0.6 is 0 Å². The third kappa shape index (κ3) is 3.80. The minimum absolute atomic E-state index is 0.205. The Balaban J connectivity index is 1.34. The number of para-hydroxylation sites is 2. The van der Waals surface area contributed by atoms with Crippen molar-refractivity contribution < 1.29 is 9.21 Å². The molecule has 2 heterocycles. The molecule has 1 aromatic heterocycles. The molecule has 25 heavy (non-hydrogen) atoms. The zero-order valence-electron chi connectivity index (χ0n) is 14.7. The van der Waals surface area contributed by atoms with Crippen LogP contribution in [0.15, 0.2) is 28.7 Å². The van der Waals surface area contributed by atoms with Gasteiger partial charge in [-0.25, -0.2) is 0 Å². The van der Waals surface area contributed by atoms with Crippen LogP contribution in [0.5, 0.6) is 0 Å². The normalized spacial score (nSPS) is 21.8. The maximum atomic E-state index is 12.3. The van der Waals surface area contributed by atoms with E-state index in [1.165, 1.54) is 32.1 Å². The molecule has 4 rings (SSSR count). The monoisotopic (exact) mass is 341 g/mol. The lowest BCUT2D eigenvalue weighted by Gasteiger charge is -2.24. The van der Waals surface area contributed by atoms with Crippen molar-refractivity contribution >= 4 is 23.0 Å². The number of hydrogen-bond acceptors (Lipinski definition) is 4. The SMILES string of the molecule is O=C(CC1CCCCC1)NCC1CCCN1c1nc2ccccc2o1. The molecule has 1 unspecified atom stereocenters. The number of nitrogens with zero attached hydrogens (tertiary/aromatic N) is 2. The summed E-state index contributed by atoms with van der Waals surface area (Å²) in [4.78, 5) is 19.1. The summed E-state index contributed by atoms with van der Waals surface area (Å²) < 4.78 is 5.91. The zero-order valence-corrected chi connectivity index (χ0v) is 14.7. The second-order valence-corrected chi connectivity index (χ2v) is 7.47. The molecule has 2 aromatic rings. The minimum atomic E-state index is 0.205. The van der Waals surface area contributed by atoms with Gasteiger partial charge in [0.15, 0.2) is 5.58 Å². The van der Waals surface area contributed by atoms with Gasteiger partial charge in [-0.2, -0.15) is 4.98 Å². The second-order valence-electron chi connectivity index (χ2n) is 7.47. The summed E-state index contributed by atoms with van der Waals surface area (Å²) in [6, 6.07) is 8.82. The Morgan fingerprint density at radius 3 is 2.84 bits per heavy atom. The van der Waals surface area contributed by atoms with Gasteiger partial charge in [0, 0.05) is 19.5 Å². The third-order valence-corrected chi connectivity index (χ3v) is 5.64. The van der Waals surface area contributed by atoms with Crippen molar-refractivity contribution in [3.8, 4) is 0 Å². The van der Waals surface area contributed by atoms with E-state index in [1.54, 1.807) is 0 Å². The van der Waals surface area contributed by atoms with Crippen LogP contribution in [-0.2, 0) is 4.79 Å². The highest BCUT2D eigenvalue weighted by Crippen LogP contribution is 2.28. The number of fused-ring (bicyclic) bond motifs is 1. The predicted molar refractivity (Wildman–Crippen MR) is 98.6 cm³/mol. The average molecular weight is 341 g/mol. The Morgan fingerprint density at radius 2 is 2.00 bits per heavy atom. The quantitative estimate of drug-likeness (QED) is 0.896. The molecule has 0 spiro atoms. The molecule has 1 aliphatic heterocycles. The lowest BCUT2D eigenvalue weighted by molar-refractivity contribution is -0.122. The molecule has 1 saturated heterocycles. The molecule has 0 radical (unpaired) electrons. The first-order chi connectivity index (χ1) is 12.3. The number of hydrogen-bond donors (Lipinski definition) is 1. The molecule has 2 aliphatic rings. The van der Waals surface area contributed by atoms with Crippen LogP contribution in [0.3, 0.4) is 0 Å². The fourth-order valence-corrected chi connectivity index (χ4v) is 4.24. The van der Waals surface area contributed by atoms with Crippen LogP contribution in [0.25, 0.3) is 11.1 Å². The number of carbonyl (C=O) groups excluding carboxylic acids is 1. The summed E-state index contributed by atoms with van der Waals surface area (Å²) in [6.07, 6.45) is 9.20. The van der Waals surface area contributed by atoms with Gasteiger partial charge in [0.1, 0.15) is 5.52 Å². The van der Waals surface area contributed by atoms with Gasteiger partial charge in [-0.1, -0.05) is 31.4 Å². The number of benzene rings is 1. The fraction of sp³-hybridized carbons (Fsp3) is 0.600. The molecule has 1 aliphatic carbocycles. The Kier molecular flexibility index (Phi) is 4.90. The Bertz CT molecular complexity index is 688. The Labute approximate surface area is 148 Å². The van der Waals surface area contributed by atoms with Crippen molar-refractivity contribution in [3.63, 3.8) is 0 Å². The predicted octanol–water partition coefficient (Wildman–Crippen LogP) is 3.88. The molecular weight excluding hydrogens is 314 g/mol. The molecule has 134 valence electrons. The number of anilines is 1. The third-order valence-electron chi connectivity index (χ3n) is 5.64. The van der Waals surface area contributed by atoms with Crippen LogP contribution in [0.4, 0.5) is 6.01 Å². The number of rotatable bonds is 5. The van der Waals surface area contributed by atoms with Gasteiger partial charge in [0.25, 0.3) is 6.01 Å². The van der Waals surface area contributed by atoms with Crippen molar-refractivity contribution in [2.75, 3.05) is 18.0 Å². The van der Waals surface area contributed by atoms with Crippen LogP contribution in [0.1, 0.15) is 51.4 Å².